The first-order valence-electron chi connectivity index (χ1n) is 4.93. The standard InChI is InChI=1S/C10H10N2O4S/c1-2-16-10(13)9-11-7-5-3-4-6-8(7)17(14,15)12-9/h3-6H,2H2,1H3,(H,11,12). The Kier molecular flexibility index (Phi) is 2.84. The summed E-state index contributed by atoms with van der Waals surface area (Å²) in [7, 11) is -3.83. The lowest BCUT2D eigenvalue weighted by atomic mass is 10.3. The Morgan fingerprint density at radius 3 is 2.82 bits per heavy atom. The van der Waals surface area contributed by atoms with E-state index in [-0.39, 0.29) is 17.3 Å². The average Bonchev–Trinajstić information content (AvgIpc) is 2.28. The number of rotatable bonds is 2. The first-order valence-corrected chi connectivity index (χ1v) is 6.37. The summed E-state index contributed by atoms with van der Waals surface area (Å²) >= 11 is 0. The molecule has 1 N–H and O–H groups in total. The quantitative estimate of drug-likeness (QED) is 0.788. The Bertz CT molecular complexity index is 592. The molecule has 90 valence electrons. The van der Waals surface area contributed by atoms with Crippen LogP contribution in [-0.4, -0.2) is 26.8 Å². The monoisotopic (exact) mass is 254 g/mol. The van der Waals surface area contributed by atoms with Crippen molar-refractivity contribution in [2.45, 2.75) is 11.8 Å². The molecule has 17 heavy (non-hydrogen) atoms. The first-order chi connectivity index (χ1) is 8.04. The molecule has 7 heteroatoms. The summed E-state index contributed by atoms with van der Waals surface area (Å²) < 4.78 is 31.6. The van der Waals surface area contributed by atoms with Gasteiger partial charge < -0.3 is 10.1 Å². The van der Waals surface area contributed by atoms with E-state index in [1.807, 2.05) is 0 Å². The zero-order valence-corrected chi connectivity index (χ0v) is 9.82. The second-order valence-electron chi connectivity index (χ2n) is 3.26. The molecule has 1 heterocycles. The molecule has 0 fully saturated rings. The van der Waals surface area contributed by atoms with Crippen LogP contribution in [0.5, 0.6) is 0 Å². The number of hydrogen-bond donors (Lipinski definition) is 1. The number of hydrogen-bond acceptors (Lipinski definition) is 5. The molecule has 0 amide bonds. The lowest BCUT2D eigenvalue weighted by molar-refractivity contribution is -0.135. The molecule has 0 saturated heterocycles. The zero-order valence-electron chi connectivity index (χ0n) is 9.00. The predicted octanol–water partition coefficient (Wildman–Crippen LogP) is 0.762. The second kappa shape index (κ2) is 4.17. The third-order valence-electron chi connectivity index (χ3n) is 2.10. The van der Waals surface area contributed by atoms with E-state index in [1.165, 1.54) is 6.07 Å². The molecule has 0 saturated carbocycles. The third kappa shape index (κ3) is 2.14. The number of ether oxygens (including phenoxy) is 1. The molecule has 0 atom stereocenters. The number of carbonyl (C=O) groups excluding carboxylic acids is 1. The fourth-order valence-electron chi connectivity index (χ4n) is 1.40. The summed E-state index contributed by atoms with van der Waals surface area (Å²) in [6, 6.07) is 6.22. The highest BCUT2D eigenvalue weighted by atomic mass is 32.2. The Hall–Kier alpha value is -1.89. The maximum absolute atomic E-state index is 11.8. The highest BCUT2D eigenvalue weighted by Gasteiger charge is 2.28. The molecule has 1 aliphatic rings. The van der Waals surface area contributed by atoms with Crippen molar-refractivity contribution in [2.24, 2.45) is 4.40 Å². The maximum Gasteiger partial charge on any atom is 0.375 e. The molecule has 1 aromatic carbocycles. The van der Waals surface area contributed by atoms with Crippen LogP contribution in [0, 0.1) is 0 Å². The molecule has 1 aliphatic heterocycles. The van der Waals surface area contributed by atoms with E-state index in [0.29, 0.717) is 5.69 Å². The maximum atomic E-state index is 11.8. The van der Waals surface area contributed by atoms with Crippen LogP contribution in [-0.2, 0) is 19.6 Å². The number of amidine groups is 1. The van der Waals surface area contributed by atoms with Crippen LogP contribution in [0.1, 0.15) is 6.92 Å². The lowest BCUT2D eigenvalue weighted by Gasteiger charge is -2.16. The number of sulfonamides is 1. The normalized spacial score (nSPS) is 16.4. The molecule has 1 aromatic rings. The highest BCUT2D eigenvalue weighted by molar-refractivity contribution is 7.90. The largest absolute Gasteiger partial charge is 0.460 e. The van der Waals surface area contributed by atoms with Gasteiger partial charge in [-0.2, -0.15) is 8.42 Å². The van der Waals surface area contributed by atoms with Gasteiger partial charge in [0, 0.05) is 0 Å². The van der Waals surface area contributed by atoms with E-state index in [1.54, 1.807) is 25.1 Å². The third-order valence-corrected chi connectivity index (χ3v) is 3.43. The van der Waals surface area contributed by atoms with Crippen molar-refractivity contribution < 1.29 is 17.9 Å². The van der Waals surface area contributed by atoms with E-state index in [0.717, 1.165) is 0 Å². The van der Waals surface area contributed by atoms with Crippen LogP contribution < -0.4 is 5.32 Å². The van der Waals surface area contributed by atoms with Gasteiger partial charge >= 0.3 is 5.97 Å². The van der Waals surface area contributed by atoms with Crippen LogP contribution in [0.4, 0.5) is 5.69 Å². The van der Waals surface area contributed by atoms with Crippen molar-refractivity contribution in [1.82, 2.24) is 0 Å². The van der Waals surface area contributed by atoms with E-state index >= 15 is 0 Å². The number of benzene rings is 1. The molecular weight excluding hydrogens is 244 g/mol. The highest BCUT2D eigenvalue weighted by Crippen LogP contribution is 2.26. The van der Waals surface area contributed by atoms with E-state index < -0.39 is 16.0 Å². The molecule has 0 bridgehead atoms. The summed E-state index contributed by atoms with van der Waals surface area (Å²) in [5, 5.41) is 2.63. The van der Waals surface area contributed by atoms with Gasteiger partial charge in [-0.15, -0.1) is 4.40 Å². The van der Waals surface area contributed by atoms with E-state index in [2.05, 4.69) is 9.71 Å². The fraction of sp³-hybridized carbons (Fsp3) is 0.200. The first kappa shape index (κ1) is 11.6. The lowest BCUT2D eigenvalue weighted by Crippen LogP contribution is -2.30. The number of fused-ring (bicyclic) bond motifs is 1. The molecule has 2 rings (SSSR count). The van der Waals surface area contributed by atoms with Crippen molar-refractivity contribution in [3.63, 3.8) is 0 Å². The smallest absolute Gasteiger partial charge is 0.375 e. The molecule has 0 radical (unpaired) electrons. The van der Waals surface area contributed by atoms with Crippen LogP contribution in [0.25, 0.3) is 0 Å². The van der Waals surface area contributed by atoms with Gasteiger partial charge in [0.25, 0.3) is 10.0 Å². The Labute approximate surface area is 98.4 Å². The van der Waals surface area contributed by atoms with Gasteiger partial charge in [0.15, 0.2) is 0 Å². The van der Waals surface area contributed by atoms with Crippen LogP contribution in [0.15, 0.2) is 33.6 Å². The van der Waals surface area contributed by atoms with Gasteiger partial charge in [-0.05, 0) is 19.1 Å². The Morgan fingerprint density at radius 1 is 1.41 bits per heavy atom. The molecular formula is C10H10N2O4S. The predicted molar refractivity (Wildman–Crippen MR) is 61.3 cm³/mol. The number of esters is 1. The van der Waals surface area contributed by atoms with Crippen LogP contribution in [0.3, 0.4) is 0 Å². The van der Waals surface area contributed by atoms with Gasteiger partial charge in [0.1, 0.15) is 4.90 Å². The molecule has 6 nitrogen and oxygen atoms in total. The topological polar surface area (TPSA) is 84.8 Å². The van der Waals surface area contributed by atoms with Crippen molar-refractivity contribution >= 4 is 27.5 Å². The number of nitrogens with one attached hydrogen (secondary N) is 1. The van der Waals surface area contributed by atoms with Crippen molar-refractivity contribution in [1.29, 1.82) is 0 Å². The van der Waals surface area contributed by atoms with Gasteiger partial charge in [-0.1, -0.05) is 12.1 Å². The molecule has 0 aromatic heterocycles. The van der Waals surface area contributed by atoms with Gasteiger partial charge in [-0.25, -0.2) is 4.79 Å². The van der Waals surface area contributed by atoms with Crippen molar-refractivity contribution in [2.75, 3.05) is 11.9 Å². The molecule has 0 aliphatic carbocycles. The number of carbonyl (C=O) groups is 1. The number of anilines is 1. The number of para-hydroxylation sites is 1. The number of nitrogens with zero attached hydrogens (tertiary/aromatic N) is 1. The average molecular weight is 254 g/mol. The Balaban J connectivity index is 2.45. The summed E-state index contributed by atoms with van der Waals surface area (Å²) in [4.78, 5) is 11.5. The fourth-order valence-corrected chi connectivity index (χ4v) is 2.51. The second-order valence-corrected chi connectivity index (χ2v) is 4.83. The SMILES string of the molecule is CCOC(=O)C1=NS(=O)(=O)c2ccccc2N1. The van der Waals surface area contributed by atoms with Crippen molar-refractivity contribution in [3.8, 4) is 0 Å². The Morgan fingerprint density at radius 2 is 2.12 bits per heavy atom. The minimum absolute atomic E-state index is 0.0491. The van der Waals surface area contributed by atoms with Gasteiger partial charge in [0.05, 0.1) is 12.3 Å². The van der Waals surface area contributed by atoms with E-state index in [4.69, 9.17) is 4.74 Å². The molecule has 0 unspecified atom stereocenters. The zero-order chi connectivity index (χ0) is 12.5. The summed E-state index contributed by atoms with van der Waals surface area (Å²) in [5.41, 5.74) is 0.325. The minimum Gasteiger partial charge on any atom is -0.460 e. The summed E-state index contributed by atoms with van der Waals surface area (Å²) in [6.45, 7) is 1.78. The van der Waals surface area contributed by atoms with Gasteiger partial charge in [0.2, 0.25) is 5.84 Å². The summed E-state index contributed by atoms with van der Waals surface area (Å²) in [6.07, 6.45) is 0. The van der Waals surface area contributed by atoms with E-state index in [9.17, 15) is 13.2 Å². The summed E-state index contributed by atoms with van der Waals surface area (Å²) in [5.74, 6) is -1.10. The van der Waals surface area contributed by atoms with Crippen LogP contribution >= 0.6 is 0 Å². The minimum atomic E-state index is -3.83. The molecule has 0 spiro atoms. The van der Waals surface area contributed by atoms with Crippen molar-refractivity contribution in [3.05, 3.63) is 24.3 Å². The van der Waals surface area contributed by atoms with Crippen LogP contribution in [0.2, 0.25) is 0 Å². The van der Waals surface area contributed by atoms with Gasteiger partial charge in [-0.3, -0.25) is 0 Å².